The molecule has 0 amide bonds. The van der Waals surface area contributed by atoms with Gasteiger partial charge < -0.3 is 5.11 Å². The molecule has 0 atom stereocenters. The molecule has 0 saturated carbocycles. The summed E-state index contributed by atoms with van der Waals surface area (Å²) in [6.07, 6.45) is 6.44. The first-order valence-electron chi connectivity index (χ1n) is 4.66. The van der Waals surface area contributed by atoms with E-state index in [9.17, 15) is 5.11 Å². The van der Waals surface area contributed by atoms with Crippen LogP contribution in [0.2, 0.25) is 0 Å². The van der Waals surface area contributed by atoms with Crippen molar-refractivity contribution in [2.24, 2.45) is 0 Å². The highest BCUT2D eigenvalue weighted by molar-refractivity contribution is 5.40. The number of aromatic hydroxyl groups is 1. The monoisotopic (exact) mass is 174 g/mol. The molecule has 0 bridgehead atoms. The van der Waals surface area contributed by atoms with Crippen LogP contribution in [0.15, 0.2) is 36.4 Å². The summed E-state index contributed by atoms with van der Waals surface area (Å²) in [5, 5.41) is 9.71. The van der Waals surface area contributed by atoms with Gasteiger partial charge in [-0.05, 0) is 18.9 Å². The maximum atomic E-state index is 9.71. The molecular weight excluding hydrogens is 160 g/mol. The molecule has 0 aliphatic heterocycles. The first-order valence-corrected chi connectivity index (χ1v) is 4.66. The minimum atomic E-state index is 0.116. The predicted molar refractivity (Wildman–Crippen MR) is 53.8 cm³/mol. The molecule has 0 aromatic heterocycles. The summed E-state index contributed by atoms with van der Waals surface area (Å²) in [6.45, 7) is 2.20. The Labute approximate surface area is 78.7 Å². The number of hydrogen-bond acceptors (Lipinski definition) is 1. The van der Waals surface area contributed by atoms with Crippen LogP contribution < -0.4 is 0 Å². The summed E-state index contributed by atoms with van der Waals surface area (Å²) in [5.74, 6) is 0.425. The lowest BCUT2D eigenvalue weighted by Gasteiger charge is -2.24. The fourth-order valence-electron chi connectivity index (χ4n) is 1.97. The van der Waals surface area contributed by atoms with Crippen LogP contribution in [-0.2, 0) is 5.41 Å². The van der Waals surface area contributed by atoms with Gasteiger partial charge in [-0.3, -0.25) is 0 Å². The van der Waals surface area contributed by atoms with Gasteiger partial charge in [0.1, 0.15) is 5.75 Å². The Morgan fingerprint density at radius 1 is 1.15 bits per heavy atom. The molecule has 2 rings (SSSR count). The fourth-order valence-corrected chi connectivity index (χ4v) is 1.97. The highest BCUT2D eigenvalue weighted by Crippen LogP contribution is 2.40. The highest BCUT2D eigenvalue weighted by atomic mass is 16.3. The van der Waals surface area contributed by atoms with Crippen LogP contribution in [0.4, 0.5) is 0 Å². The van der Waals surface area contributed by atoms with E-state index in [4.69, 9.17) is 0 Å². The van der Waals surface area contributed by atoms with Crippen LogP contribution in [0, 0.1) is 0 Å². The Morgan fingerprint density at radius 3 is 2.38 bits per heavy atom. The third-order valence-corrected chi connectivity index (χ3v) is 2.86. The molecule has 0 fully saturated rings. The second-order valence-electron chi connectivity index (χ2n) is 3.96. The lowest BCUT2D eigenvalue weighted by atomic mass is 9.80. The number of phenolic OH excluding ortho intramolecular Hbond substituents is 1. The highest BCUT2D eigenvalue weighted by Gasteiger charge is 2.29. The van der Waals surface area contributed by atoms with E-state index in [2.05, 4.69) is 19.1 Å². The van der Waals surface area contributed by atoms with Crippen LogP contribution in [0.3, 0.4) is 0 Å². The van der Waals surface area contributed by atoms with Crippen molar-refractivity contribution in [3.63, 3.8) is 0 Å². The van der Waals surface area contributed by atoms with E-state index < -0.39 is 0 Å². The fraction of sp³-hybridized carbons (Fsp3) is 0.333. The van der Waals surface area contributed by atoms with Crippen molar-refractivity contribution >= 4 is 0 Å². The van der Waals surface area contributed by atoms with Gasteiger partial charge in [0.2, 0.25) is 0 Å². The average molecular weight is 174 g/mol. The Hall–Kier alpha value is -1.24. The minimum Gasteiger partial charge on any atom is -0.508 e. The third kappa shape index (κ3) is 1.35. The lowest BCUT2D eigenvalue weighted by molar-refractivity contribution is 0.429. The maximum absolute atomic E-state index is 9.71. The van der Waals surface area contributed by atoms with Gasteiger partial charge in [0, 0.05) is 11.0 Å². The van der Waals surface area contributed by atoms with E-state index in [1.54, 1.807) is 6.07 Å². The molecule has 1 N–H and O–H groups in total. The van der Waals surface area contributed by atoms with Gasteiger partial charge in [0.15, 0.2) is 0 Å². The quantitative estimate of drug-likeness (QED) is 0.649. The molecule has 0 heterocycles. The zero-order valence-corrected chi connectivity index (χ0v) is 7.83. The van der Waals surface area contributed by atoms with Gasteiger partial charge in [-0.2, -0.15) is 0 Å². The van der Waals surface area contributed by atoms with E-state index in [1.807, 2.05) is 18.2 Å². The average Bonchev–Trinajstić information content (AvgIpc) is 2.54. The Kier molecular flexibility index (Phi) is 1.87. The third-order valence-electron chi connectivity index (χ3n) is 2.86. The number of para-hydroxylation sites is 1. The number of hydrogen-bond donors (Lipinski definition) is 1. The molecule has 68 valence electrons. The van der Waals surface area contributed by atoms with E-state index in [0.29, 0.717) is 5.75 Å². The number of allylic oxidation sites excluding steroid dienone is 2. The molecule has 1 aliphatic carbocycles. The summed E-state index contributed by atoms with van der Waals surface area (Å²) in [4.78, 5) is 0. The smallest absolute Gasteiger partial charge is 0.119 e. The van der Waals surface area contributed by atoms with Gasteiger partial charge >= 0.3 is 0 Å². The van der Waals surface area contributed by atoms with Crippen molar-refractivity contribution in [1.29, 1.82) is 0 Å². The normalized spacial score (nSPS) is 19.2. The standard InChI is InChI=1S/C12H14O/c1-12(8-4-5-9-12)10-6-2-3-7-11(10)13/h2-7,13H,8-9H2,1H3. The zero-order valence-electron chi connectivity index (χ0n) is 7.83. The SMILES string of the molecule is CC1(c2ccccc2O)CC=CC1. The largest absolute Gasteiger partial charge is 0.508 e. The van der Waals surface area contributed by atoms with Gasteiger partial charge in [-0.25, -0.2) is 0 Å². The molecule has 1 aliphatic rings. The maximum Gasteiger partial charge on any atom is 0.119 e. The summed E-state index contributed by atoms with van der Waals surface area (Å²) >= 11 is 0. The van der Waals surface area contributed by atoms with E-state index in [0.717, 1.165) is 18.4 Å². The van der Waals surface area contributed by atoms with Crippen LogP contribution in [0.1, 0.15) is 25.3 Å². The molecular formula is C12H14O. The van der Waals surface area contributed by atoms with E-state index in [1.165, 1.54) is 0 Å². The van der Waals surface area contributed by atoms with Crippen LogP contribution in [-0.4, -0.2) is 5.11 Å². The molecule has 1 aromatic rings. The van der Waals surface area contributed by atoms with Crippen molar-refractivity contribution in [2.45, 2.75) is 25.2 Å². The predicted octanol–water partition coefficient (Wildman–Crippen LogP) is 3.00. The summed E-state index contributed by atoms with van der Waals surface area (Å²) in [5.41, 5.74) is 1.19. The zero-order chi connectivity index (χ0) is 9.31. The molecule has 1 nitrogen and oxygen atoms in total. The first kappa shape index (κ1) is 8.36. The van der Waals surface area contributed by atoms with Crippen LogP contribution >= 0.6 is 0 Å². The van der Waals surface area contributed by atoms with Gasteiger partial charge in [-0.15, -0.1) is 0 Å². The number of benzene rings is 1. The molecule has 1 aromatic carbocycles. The topological polar surface area (TPSA) is 20.2 Å². The second kappa shape index (κ2) is 2.91. The second-order valence-corrected chi connectivity index (χ2v) is 3.96. The Morgan fingerprint density at radius 2 is 1.77 bits per heavy atom. The summed E-state index contributed by atoms with van der Waals surface area (Å²) < 4.78 is 0. The summed E-state index contributed by atoms with van der Waals surface area (Å²) in [6, 6.07) is 7.63. The molecule has 0 saturated heterocycles. The van der Waals surface area contributed by atoms with Crippen molar-refractivity contribution in [1.82, 2.24) is 0 Å². The van der Waals surface area contributed by atoms with Gasteiger partial charge in [0.25, 0.3) is 0 Å². The summed E-state index contributed by atoms with van der Waals surface area (Å²) in [7, 11) is 0. The van der Waals surface area contributed by atoms with Gasteiger partial charge in [0.05, 0.1) is 0 Å². The van der Waals surface area contributed by atoms with E-state index >= 15 is 0 Å². The molecule has 0 radical (unpaired) electrons. The molecule has 13 heavy (non-hydrogen) atoms. The van der Waals surface area contributed by atoms with Crippen LogP contribution in [0.25, 0.3) is 0 Å². The van der Waals surface area contributed by atoms with Crippen molar-refractivity contribution in [2.75, 3.05) is 0 Å². The molecule has 1 heteroatoms. The molecule has 0 spiro atoms. The van der Waals surface area contributed by atoms with Crippen LogP contribution in [0.5, 0.6) is 5.75 Å². The van der Waals surface area contributed by atoms with Crippen molar-refractivity contribution in [3.05, 3.63) is 42.0 Å². The Balaban J connectivity index is 2.40. The minimum absolute atomic E-state index is 0.116. The van der Waals surface area contributed by atoms with Crippen molar-refractivity contribution < 1.29 is 5.11 Å². The molecule has 0 unspecified atom stereocenters. The number of phenols is 1. The lowest BCUT2D eigenvalue weighted by Crippen LogP contribution is -2.17. The number of rotatable bonds is 1. The Bertz CT molecular complexity index is 331. The van der Waals surface area contributed by atoms with Gasteiger partial charge in [-0.1, -0.05) is 37.3 Å². The first-order chi connectivity index (χ1) is 6.22. The van der Waals surface area contributed by atoms with E-state index in [-0.39, 0.29) is 5.41 Å². The van der Waals surface area contributed by atoms with Crippen molar-refractivity contribution in [3.8, 4) is 5.75 Å².